The number of carbonyl (C=O) groups is 2. The zero-order chi connectivity index (χ0) is 24.1. The number of ether oxygens (including phenoxy) is 3. The normalized spacial score (nSPS) is 10.6. The molecule has 0 fully saturated rings. The number of para-hydroxylation sites is 1. The van der Waals surface area contributed by atoms with Crippen LogP contribution in [0, 0.1) is 6.92 Å². The molecule has 7 heteroatoms. The van der Waals surface area contributed by atoms with Crippen molar-refractivity contribution in [2.24, 2.45) is 0 Å². The first-order valence-electron chi connectivity index (χ1n) is 10.6. The van der Waals surface area contributed by atoms with Crippen LogP contribution in [0.3, 0.4) is 0 Å². The molecule has 1 amide bonds. The Morgan fingerprint density at radius 1 is 0.912 bits per heavy atom. The van der Waals surface area contributed by atoms with Crippen molar-refractivity contribution in [3.8, 4) is 22.8 Å². The lowest BCUT2D eigenvalue weighted by atomic mass is 10.0. The molecule has 0 saturated carbocycles. The van der Waals surface area contributed by atoms with Gasteiger partial charge in [0.15, 0.2) is 6.61 Å². The van der Waals surface area contributed by atoms with E-state index in [9.17, 15) is 9.59 Å². The van der Waals surface area contributed by atoms with Crippen LogP contribution < -0.4 is 14.8 Å². The van der Waals surface area contributed by atoms with Gasteiger partial charge in [0.2, 0.25) is 0 Å². The number of hydrogen-bond donors (Lipinski definition) is 1. The Balaban J connectivity index is 1.54. The van der Waals surface area contributed by atoms with Crippen LogP contribution in [-0.4, -0.2) is 37.7 Å². The average molecular weight is 456 g/mol. The van der Waals surface area contributed by atoms with E-state index in [1.807, 2.05) is 49.4 Å². The summed E-state index contributed by atoms with van der Waals surface area (Å²) < 4.78 is 15.8. The minimum Gasteiger partial charge on any atom is -0.497 e. The van der Waals surface area contributed by atoms with E-state index in [-0.39, 0.29) is 0 Å². The third-order valence-electron chi connectivity index (χ3n) is 5.30. The Hall–Kier alpha value is -4.39. The summed E-state index contributed by atoms with van der Waals surface area (Å²) in [7, 11) is 3.03. The van der Waals surface area contributed by atoms with Gasteiger partial charge in [-0.3, -0.25) is 4.79 Å². The number of anilines is 1. The van der Waals surface area contributed by atoms with Gasteiger partial charge >= 0.3 is 5.97 Å². The molecule has 4 aromatic rings. The van der Waals surface area contributed by atoms with Gasteiger partial charge in [-0.05, 0) is 31.2 Å². The number of carbonyl (C=O) groups excluding carboxylic acids is 2. The van der Waals surface area contributed by atoms with Crippen molar-refractivity contribution in [2.45, 2.75) is 6.92 Å². The topological polar surface area (TPSA) is 86.8 Å². The number of esters is 1. The maximum Gasteiger partial charge on any atom is 0.339 e. The quantitative estimate of drug-likeness (QED) is 0.393. The zero-order valence-electron chi connectivity index (χ0n) is 19.1. The first-order valence-corrected chi connectivity index (χ1v) is 10.6. The molecule has 172 valence electrons. The summed E-state index contributed by atoms with van der Waals surface area (Å²) in [5.74, 6) is -0.0742. The Labute approximate surface area is 197 Å². The van der Waals surface area contributed by atoms with E-state index >= 15 is 0 Å². The SMILES string of the molecule is COc1ccc(NC(=O)COC(=O)c2cc(-c3ccc(C)cc3)nc3ccccc23)c(OC)c1. The third-order valence-corrected chi connectivity index (χ3v) is 5.30. The fraction of sp³-hybridized carbons (Fsp3) is 0.148. The van der Waals surface area contributed by atoms with Crippen LogP contribution in [-0.2, 0) is 9.53 Å². The van der Waals surface area contributed by atoms with Gasteiger partial charge in [-0.1, -0.05) is 48.0 Å². The molecule has 34 heavy (non-hydrogen) atoms. The van der Waals surface area contributed by atoms with Gasteiger partial charge in [-0.15, -0.1) is 0 Å². The number of aromatic nitrogens is 1. The molecule has 0 saturated heterocycles. The van der Waals surface area contributed by atoms with E-state index in [0.29, 0.717) is 39.3 Å². The molecule has 3 aromatic carbocycles. The summed E-state index contributed by atoms with van der Waals surface area (Å²) in [6, 6.07) is 21.9. The number of pyridine rings is 1. The predicted molar refractivity (Wildman–Crippen MR) is 130 cm³/mol. The lowest BCUT2D eigenvalue weighted by Gasteiger charge is -2.12. The van der Waals surface area contributed by atoms with Crippen molar-refractivity contribution in [3.63, 3.8) is 0 Å². The van der Waals surface area contributed by atoms with Crippen molar-refractivity contribution >= 4 is 28.5 Å². The zero-order valence-corrected chi connectivity index (χ0v) is 19.1. The Morgan fingerprint density at radius 2 is 1.68 bits per heavy atom. The van der Waals surface area contributed by atoms with E-state index in [1.54, 1.807) is 37.4 Å². The molecule has 1 heterocycles. The highest BCUT2D eigenvalue weighted by Gasteiger charge is 2.17. The summed E-state index contributed by atoms with van der Waals surface area (Å²) in [6.45, 7) is 1.55. The predicted octanol–water partition coefficient (Wildman–Crippen LogP) is 5.02. The van der Waals surface area contributed by atoms with Crippen LogP contribution in [0.25, 0.3) is 22.2 Å². The van der Waals surface area contributed by atoms with Gasteiger partial charge in [0.1, 0.15) is 11.5 Å². The van der Waals surface area contributed by atoms with Crippen LogP contribution in [0.4, 0.5) is 5.69 Å². The van der Waals surface area contributed by atoms with E-state index in [2.05, 4.69) is 5.32 Å². The third kappa shape index (κ3) is 4.99. The number of hydrogen-bond acceptors (Lipinski definition) is 6. The number of benzene rings is 3. The van der Waals surface area contributed by atoms with E-state index in [1.165, 1.54) is 7.11 Å². The van der Waals surface area contributed by atoms with Gasteiger partial charge in [-0.2, -0.15) is 0 Å². The maximum absolute atomic E-state index is 13.0. The number of rotatable bonds is 7. The first kappa shape index (κ1) is 22.8. The van der Waals surface area contributed by atoms with Gasteiger partial charge < -0.3 is 19.5 Å². The smallest absolute Gasteiger partial charge is 0.339 e. The molecule has 0 atom stereocenters. The van der Waals surface area contributed by atoms with Gasteiger partial charge in [0.05, 0.1) is 36.7 Å². The minimum absolute atomic E-state index is 0.344. The van der Waals surface area contributed by atoms with E-state index in [4.69, 9.17) is 19.2 Å². The highest BCUT2D eigenvalue weighted by Crippen LogP contribution is 2.29. The van der Waals surface area contributed by atoms with Crippen molar-refractivity contribution in [1.82, 2.24) is 4.98 Å². The summed E-state index contributed by atoms with van der Waals surface area (Å²) >= 11 is 0. The molecule has 0 spiro atoms. The second kappa shape index (κ2) is 10.0. The van der Waals surface area contributed by atoms with Gasteiger partial charge in [0, 0.05) is 17.0 Å². The van der Waals surface area contributed by atoms with Crippen molar-refractivity contribution in [3.05, 3.63) is 83.9 Å². The van der Waals surface area contributed by atoms with E-state index < -0.39 is 18.5 Å². The van der Waals surface area contributed by atoms with E-state index in [0.717, 1.165) is 11.1 Å². The second-order valence-corrected chi connectivity index (χ2v) is 7.63. The molecule has 4 rings (SSSR count). The van der Waals surface area contributed by atoms with Crippen molar-refractivity contribution in [2.75, 3.05) is 26.1 Å². The standard InChI is InChI=1S/C27H24N2O5/c1-17-8-10-18(11-9-17)24-15-21(20-6-4-5-7-22(20)28-24)27(31)34-16-26(30)29-23-13-12-19(32-2)14-25(23)33-3/h4-15H,16H2,1-3H3,(H,29,30). The molecule has 0 aliphatic carbocycles. The van der Waals surface area contributed by atoms with Gasteiger partial charge in [-0.25, -0.2) is 9.78 Å². The molecule has 0 bridgehead atoms. The number of amides is 1. The highest BCUT2D eigenvalue weighted by molar-refractivity contribution is 6.05. The molecule has 0 aliphatic heterocycles. The Bertz CT molecular complexity index is 1350. The average Bonchev–Trinajstić information content (AvgIpc) is 2.87. The summed E-state index contributed by atoms with van der Waals surface area (Å²) in [5.41, 5.74) is 4.12. The highest BCUT2D eigenvalue weighted by atomic mass is 16.5. The van der Waals surface area contributed by atoms with Crippen LogP contribution in [0.2, 0.25) is 0 Å². The molecular weight excluding hydrogens is 432 g/mol. The summed E-state index contributed by atoms with van der Waals surface area (Å²) in [5, 5.41) is 3.34. The molecule has 1 N–H and O–H groups in total. The fourth-order valence-corrected chi connectivity index (χ4v) is 3.51. The Morgan fingerprint density at radius 3 is 2.41 bits per heavy atom. The first-order chi connectivity index (χ1) is 16.5. The minimum atomic E-state index is -0.608. The second-order valence-electron chi connectivity index (χ2n) is 7.63. The molecule has 0 aliphatic rings. The van der Waals surface area contributed by atoms with Crippen LogP contribution in [0.1, 0.15) is 15.9 Å². The molecular formula is C27H24N2O5. The van der Waals surface area contributed by atoms with Crippen LogP contribution >= 0.6 is 0 Å². The lowest BCUT2D eigenvalue weighted by Crippen LogP contribution is -2.21. The molecule has 0 unspecified atom stereocenters. The lowest BCUT2D eigenvalue weighted by molar-refractivity contribution is -0.119. The number of nitrogens with one attached hydrogen (secondary N) is 1. The molecule has 1 aromatic heterocycles. The molecule has 7 nitrogen and oxygen atoms in total. The summed E-state index contributed by atoms with van der Waals surface area (Å²) in [6.07, 6.45) is 0. The maximum atomic E-state index is 13.0. The van der Waals surface area contributed by atoms with Crippen molar-refractivity contribution in [1.29, 1.82) is 0 Å². The van der Waals surface area contributed by atoms with Crippen LogP contribution in [0.5, 0.6) is 11.5 Å². The van der Waals surface area contributed by atoms with Crippen LogP contribution in [0.15, 0.2) is 72.8 Å². The monoisotopic (exact) mass is 456 g/mol. The molecule has 0 radical (unpaired) electrons. The number of methoxy groups -OCH3 is 2. The fourth-order valence-electron chi connectivity index (χ4n) is 3.51. The van der Waals surface area contributed by atoms with Gasteiger partial charge in [0.25, 0.3) is 5.91 Å². The van der Waals surface area contributed by atoms with Crippen molar-refractivity contribution < 1.29 is 23.8 Å². The Kier molecular flexibility index (Phi) is 6.73. The summed E-state index contributed by atoms with van der Waals surface area (Å²) in [4.78, 5) is 30.1. The number of nitrogens with zero attached hydrogens (tertiary/aromatic N) is 1. The number of aryl methyl sites for hydroxylation is 1. The number of fused-ring (bicyclic) bond motifs is 1. The largest absolute Gasteiger partial charge is 0.497 e.